The zero-order valence-electron chi connectivity index (χ0n) is 18.6. The van der Waals surface area contributed by atoms with Crippen LogP contribution in [0.3, 0.4) is 0 Å². The average Bonchev–Trinajstić information content (AvgIpc) is 3.15. The minimum atomic E-state index is -0.252. The van der Waals surface area contributed by atoms with Gasteiger partial charge in [-0.3, -0.25) is 0 Å². The van der Waals surface area contributed by atoms with Gasteiger partial charge in [-0.2, -0.15) is 5.10 Å². The number of halogens is 1. The standard InChI is InChI=1S/C25H30FN3O2/c1-25(2)12-22(27-14-17-8-9-24(31-4)18(10-17)16-30-3)21-15-28-29(23(21)13-25)20-7-5-6-19(26)11-20/h5-11,15,22,27H,12-14,16H2,1-4H3/t22-/m0/s1. The lowest BCUT2D eigenvalue weighted by Gasteiger charge is -2.36. The zero-order chi connectivity index (χ0) is 22.0. The highest BCUT2D eigenvalue weighted by Crippen LogP contribution is 2.41. The van der Waals surface area contributed by atoms with Crippen molar-refractivity contribution >= 4 is 0 Å². The SMILES string of the molecule is COCc1cc(CN[C@H]2CC(C)(C)Cc3c2cnn3-c2cccc(F)c2)ccc1OC. The van der Waals surface area contributed by atoms with Gasteiger partial charge in [0.05, 0.1) is 25.6 Å². The van der Waals surface area contributed by atoms with Crippen LogP contribution in [0, 0.1) is 11.2 Å². The van der Waals surface area contributed by atoms with Crippen molar-refractivity contribution in [2.24, 2.45) is 5.41 Å². The molecule has 1 atom stereocenters. The number of nitrogens with zero attached hydrogens (tertiary/aromatic N) is 2. The molecule has 1 aliphatic carbocycles. The van der Waals surface area contributed by atoms with Crippen LogP contribution in [0.15, 0.2) is 48.7 Å². The predicted octanol–water partition coefficient (Wildman–Crippen LogP) is 4.97. The summed E-state index contributed by atoms with van der Waals surface area (Å²) in [7, 11) is 3.36. The van der Waals surface area contributed by atoms with Gasteiger partial charge >= 0.3 is 0 Å². The van der Waals surface area contributed by atoms with Gasteiger partial charge in [-0.25, -0.2) is 9.07 Å². The lowest BCUT2D eigenvalue weighted by molar-refractivity contribution is 0.181. The van der Waals surface area contributed by atoms with Gasteiger partial charge < -0.3 is 14.8 Å². The first-order valence-corrected chi connectivity index (χ1v) is 10.6. The molecule has 1 aliphatic rings. The number of nitrogens with one attached hydrogen (secondary N) is 1. The van der Waals surface area contributed by atoms with Crippen molar-refractivity contribution < 1.29 is 13.9 Å². The van der Waals surface area contributed by atoms with Crippen molar-refractivity contribution in [2.75, 3.05) is 14.2 Å². The molecule has 1 aromatic heterocycles. The summed E-state index contributed by atoms with van der Waals surface area (Å²) in [6.45, 7) is 5.79. The Morgan fingerprint density at radius 3 is 2.77 bits per heavy atom. The minimum Gasteiger partial charge on any atom is -0.496 e. The zero-order valence-corrected chi connectivity index (χ0v) is 18.6. The number of methoxy groups -OCH3 is 2. The molecule has 0 radical (unpaired) electrons. The van der Waals surface area contributed by atoms with E-state index >= 15 is 0 Å². The molecule has 3 aromatic rings. The molecule has 2 aromatic carbocycles. The monoisotopic (exact) mass is 423 g/mol. The van der Waals surface area contributed by atoms with Crippen LogP contribution in [-0.2, 0) is 24.3 Å². The molecule has 0 aliphatic heterocycles. The van der Waals surface area contributed by atoms with Gasteiger partial charge in [-0.1, -0.05) is 26.0 Å². The molecule has 0 saturated carbocycles. The fourth-order valence-corrected chi connectivity index (χ4v) is 4.51. The Morgan fingerprint density at radius 1 is 1.19 bits per heavy atom. The molecule has 164 valence electrons. The number of hydrogen-bond acceptors (Lipinski definition) is 4. The molecule has 6 heteroatoms. The summed E-state index contributed by atoms with van der Waals surface area (Å²) in [4.78, 5) is 0. The van der Waals surface area contributed by atoms with Crippen LogP contribution in [0.25, 0.3) is 5.69 Å². The van der Waals surface area contributed by atoms with Crippen molar-refractivity contribution in [3.05, 3.63) is 76.9 Å². The highest BCUT2D eigenvalue weighted by atomic mass is 19.1. The van der Waals surface area contributed by atoms with Gasteiger partial charge in [-0.05, 0) is 54.2 Å². The maximum absolute atomic E-state index is 13.8. The van der Waals surface area contributed by atoms with E-state index in [-0.39, 0.29) is 17.3 Å². The summed E-state index contributed by atoms with van der Waals surface area (Å²) in [5.41, 5.74) is 5.42. The molecule has 0 bridgehead atoms. The molecule has 0 fully saturated rings. The van der Waals surface area contributed by atoms with Gasteiger partial charge in [-0.15, -0.1) is 0 Å². The lowest BCUT2D eigenvalue weighted by atomic mass is 9.74. The Morgan fingerprint density at radius 2 is 2.03 bits per heavy atom. The third kappa shape index (κ3) is 4.65. The van der Waals surface area contributed by atoms with Crippen molar-refractivity contribution in [3.8, 4) is 11.4 Å². The van der Waals surface area contributed by atoms with Gasteiger partial charge in [0, 0.05) is 36.5 Å². The van der Waals surface area contributed by atoms with Crippen LogP contribution in [0.5, 0.6) is 5.75 Å². The van der Waals surface area contributed by atoms with E-state index in [1.54, 1.807) is 20.3 Å². The number of ether oxygens (including phenoxy) is 2. The Bertz CT molecular complexity index is 1060. The van der Waals surface area contributed by atoms with Gasteiger partial charge in [0.25, 0.3) is 0 Å². The molecule has 31 heavy (non-hydrogen) atoms. The van der Waals surface area contributed by atoms with Crippen LogP contribution in [-0.4, -0.2) is 24.0 Å². The Hall–Kier alpha value is -2.70. The fourth-order valence-electron chi connectivity index (χ4n) is 4.51. The van der Waals surface area contributed by atoms with Crippen molar-refractivity contribution in [1.82, 2.24) is 15.1 Å². The summed E-state index contributed by atoms with van der Waals surface area (Å²) < 4.78 is 26.4. The van der Waals surface area contributed by atoms with Crippen molar-refractivity contribution in [3.63, 3.8) is 0 Å². The van der Waals surface area contributed by atoms with Gasteiger partial charge in [0.2, 0.25) is 0 Å². The van der Waals surface area contributed by atoms with Crippen LogP contribution in [0.1, 0.15) is 48.7 Å². The number of aromatic nitrogens is 2. The third-order valence-corrected chi connectivity index (χ3v) is 5.93. The average molecular weight is 424 g/mol. The minimum absolute atomic E-state index is 0.108. The van der Waals surface area contributed by atoms with Crippen molar-refractivity contribution in [2.45, 2.75) is 45.9 Å². The van der Waals surface area contributed by atoms with E-state index in [2.05, 4.69) is 36.4 Å². The molecule has 0 unspecified atom stereocenters. The smallest absolute Gasteiger partial charge is 0.125 e. The first-order valence-electron chi connectivity index (χ1n) is 10.6. The van der Waals surface area contributed by atoms with Gasteiger partial charge in [0.15, 0.2) is 0 Å². The first-order chi connectivity index (χ1) is 14.9. The maximum Gasteiger partial charge on any atom is 0.125 e. The van der Waals surface area contributed by atoms with Crippen LogP contribution in [0.4, 0.5) is 4.39 Å². The Labute approximate surface area is 183 Å². The quantitative estimate of drug-likeness (QED) is 0.583. The second kappa shape index (κ2) is 8.81. The molecule has 0 amide bonds. The molecular weight excluding hydrogens is 393 g/mol. The molecule has 4 rings (SSSR count). The molecule has 5 nitrogen and oxygen atoms in total. The summed E-state index contributed by atoms with van der Waals surface area (Å²) >= 11 is 0. The molecule has 1 heterocycles. The van der Waals surface area contributed by atoms with E-state index in [9.17, 15) is 4.39 Å². The summed E-state index contributed by atoms with van der Waals surface area (Å²) in [5.74, 6) is 0.584. The summed E-state index contributed by atoms with van der Waals surface area (Å²) in [6.07, 6.45) is 3.84. The number of benzene rings is 2. The second-order valence-electron chi connectivity index (χ2n) is 9.00. The van der Waals surface area contributed by atoms with E-state index in [1.165, 1.54) is 23.3 Å². The number of rotatable bonds is 7. The van der Waals surface area contributed by atoms with E-state index in [1.807, 2.05) is 23.0 Å². The molecule has 1 N–H and O–H groups in total. The fraction of sp³-hybridized carbons (Fsp3) is 0.400. The molecule has 0 saturated heterocycles. The number of fused-ring (bicyclic) bond motifs is 1. The van der Waals surface area contributed by atoms with Crippen molar-refractivity contribution in [1.29, 1.82) is 0 Å². The largest absolute Gasteiger partial charge is 0.496 e. The summed E-state index contributed by atoms with van der Waals surface area (Å²) in [6, 6.07) is 13.0. The highest BCUT2D eigenvalue weighted by Gasteiger charge is 2.35. The van der Waals surface area contributed by atoms with Crippen LogP contribution >= 0.6 is 0 Å². The Kier molecular flexibility index (Phi) is 6.12. The molecular formula is C25H30FN3O2. The summed E-state index contributed by atoms with van der Waals surface area (Å²) in [5, 5.41) is 8.34. The van der Waals surface area contributed by atoms with E-state index in [0.717, 1.165) is 42.1 Å². The normalized spacial score (nSPS) is 17.4. The predicted molar refractivity (Wildman–Crippen MR) is 119 cm³/mol. The number of hydrogen-bond donors (Lipinski definition) is 1. The first kappa shape index (κ1) is 21.5. The van der Waals surface area contributed by atoms with E-state index < -0.39 is 0 Å². The van der Waals surface area contributed by atoms with E-state index in [4.69, 9.17) is 9.47 Å². The Balaban J connectivity index is 1.59. The highest BCUT2D eigenvalue weighted by molar-refractivity contribution is 5.39. The van der Waals surface area contributed by atoms with Crippen LogP contribution in [0.2, 0.25) is 0 Å². The molecule has 0 spiro atoms. The third-order valence-electron chi connectivity index (χ3n) is 5.93. The second-order valence-corrected chi connectivity index (χ2v) is 9.00. The maximum atomic E-state index is 13.8. The lowest BCUT2D eigenvalue weighted by Crippen LogP contribution is -2.33. The van der Waals surface area contributed by atoms with Crippen LogP contribution < -0.4 is 10.1 Å². The van der Waals surface area contributed by atoms with E-state index in [0.29, 0.717) is 6.61 Å². The van der Waals surface area contributed by atoms with Gasteiger partial charge in [0.1, 0.15) is 11.6 Å². The topological polar surface area (TPSA) is 48.3 Å².